The summed E-state index contributed by atoms with van der Waals surface area (Å²) < 4.78 is 0. The number of thioether (sulfide) groups is 1. The second-order valence-corrected chi connectivity index (χ2v) is 4.16. The van der Waals surface area contributed by atoms with Crippen LogP contribution in [0.3, 0.4) is 0 Å². The molecule has 0 saturated carbocycles. The van der Waals surface area contributed by atoms with Gasteiger partial charge in [0.05, 0.1) is 0 Å². The molecule has 1 atom stereocenters. The zero-order valence-corrected chi connectivity index (χ0v) is 9.28. The van der Waals surface area contributed by atoms with Crippen molar-refractivity contribution < 1.29 is 4.79 Å². The molecule has 0 aromatic heterocycles. The van der Waals surface area contributed by atoms with E-state index in [2.05, 4.69) is 13.8 Å². The Morgan fingerprint density at radius 1 is 1.33 bits per heavy atom. The van der Waals surface area contributed by atoms with Crippen LogP contribution in [0.2, 0.25) is 0 Å². The summed E-state index contributed by atoms with van der Waals surface area (Å²) in [5.41, 5.74) is 0. The van der Waals surface area contributed by atoms with Crippen LogP contribution < -0.4 is 0 Å². The Morgan fingerprint density at radius 3 is 2.17 bits per heavy atom. The number of nitrogens with zero attached hydrogens (tertiary/aromatic N) is 1. The lowest BCUT2D eigenvalue weighted by molar-refractivity contribution is 0.228. The molecule has 1 amide bonds. The van der Waals surface area contributed by atoms with Gasteiger partial charge < -0.3 is 4.90 Å². The van der Waals surface area contributed by atoms with Crippen molar-refractivity contribution in [2.75, 3.05) is 13.1 Å². The summed E-state index contributed by atoms with van der Waals surface area (Å²) in [6.45, 7) is 9.86. The molecule has 0 saturated heterocycles. The fourth-order valence-electron chi connectivity index (χ4n) is 0.812. The summed E-state index contributed by atoms with van der Waals surface area (Å²) in [7, 11) is 0. The van der Waals surface area contributed by atoms with Gasteiger partial charge in [-0.25, -0.2) is 0 Å². The predicted octanol–water partition coefficient (Wildman–Crippen LogP) is 2.98. The average molecular weight is 189 g/mol. The molecule has 0 aliphatic rings. The van der Waals surface area contributed by atoms with Crippen molar-refractivity contribution in [3.05, 3.63) is 0 Å². The van der Waals surface area contributed by atoms with Crippen LogP contribution in [0.5, 0.6) is 0 Å². The minimum atomic E-state index is 0.217. The molecule has 0 aromatic rings. The Balaban J connectivity index is 3.84. The first-order chi connectivity index (χ1) is 5.65. The first-order valence-electron chi connectivity index (χ1n) is 4.61. The second kappa shape index (κ2) is 6.35. The van der Waals surface area contributed by atoms with E-state index in [1.54, 1.807) is 0 Å². The Kier molecular flexibility index (Phi) is 6.25. The highest BCUT2D eigenvalue weighted by molar-refractivity contribution is 8.14. The molecular weight excluding hydrogens is 170 g/mol. The van der Waals surface area contributed by atoms with Crippen LogP contribution in [-0.4, -0.2) is 28.5 Å². The minimum Gasteiger partial charge on any atom is -0.334 e. The molecular formula is C9H19NOS. The number of carbonyl (C=O) groups excluding carboxylic acids is 1. The smallest absolute Gasteiger partial charge is 0.281 e. The monoisotopic (exact) mass is 189 g/mol. The van der Waals surface area contributed by atoms with Gasteiger partial charge in [0.1, 0.15) is 0 Å². The molecule has 0 heterocycles. The van der Waals surface area contributed by atoms with E-state index in [1.807, 2.05) is 18.7 Å². The van der Waals surface area contributed by atoms with Gasteiger partial charge in [0, 0.05) is 18.3 Å². The van der Waals surface area contributed by atoms with E-state index in [4.69, 9.17) is 0 Å². The lowest BCUT2D eigenvalue weighted by atomic mass is 10.4. The predicted molar refractivity (Wildman–Crippen MR) is 55.7 cm³/mol. The second-order valence-electron chi connectivity index (χ2n) is 2.77. The molecule has 0 aliphatic carbocycles. The molecule has 0 aliphatic heterocycles. The van der Waals surface area contributed by atoms with Gasteiger partial charge in [0.15, 0.2) is 0 Å². The van der Waals surface area contributed by atoms with Gasteiger partial charge in [0.25, 0.3) is 5.24 Å². The van der Waals surface area contributed by atoms with E-state index in [0.717, 1.165) is 19.5 Å². The van der Waals surface area contributed by atoms with Gasteiger partial charge in [0.2, 0.25) is 0 Å². The number of amides is 1. The lowest BCUT2D eigenvalue weighted by Gasteiger charge is -2.19. The Morgan fingerprint density at radius 2 is 1.83 bits per heavy atom. The summed E-state index contributed by atoms with van der Waals surface area (Å²) in [4.78, 5) is 13.3. The average Bonchev–Trinajstić information content (AvgIpc) is 2.06. The van der Waals surface area contributed by atoms with Crippen molar-refractivity contribution in [1.29, 1.82) is 0 Å². The van der Waals surface area contributed by atoms with Crippen molar-refractivity contribution in [2.45, 2.75) is 39.4 Å². The van der Waals surface area contributed by atoms with E-state index >= 15 is 0 Å². The molecule has 0 rings (SSSR count). The summed E-state index contributed by atoms with van der Waals surface area (Å²) in [6, 6.07) is 0. The van der Waals surface area contributed by atoms with Crippen molar-refractivity contribution in [1.82, 2.24) is 4.90 Å². The third-order valence-corrected chi connectivity index (χ3v) is 3.09. The minimum absolute atomic E-state index is 0.217. The fourth-order valence-corrected chi connectivity index (χ4v) is 1.73. The zero-order chi connectivity index (χ0) is 9.56. The molecule has 0 bridgehead atoms. The van der Waals surface area contributed by atoms with Gasteiger partial charge in [-0.1, -0.05) is 25.6 Å². The van der Waals surface area contributed by atoms with Gasteiger partial charge in [-0.15, -0.1) is 0 Å². The van der Waals surface area contributed by atoms with Crippen LogP contribution in [0, 0.1) is 0 Å². The highest BCUT2D eigenvalue weighted by Crippen LogP contribution is 2.17. The molecule has 72 valence electrons. The van der Waals surface area contributed by atoms with Gasteiger partial charge in [-0.3, -0.25) is 4.79 Å². The maximum Gasteiger partial charge on any atom is 0.281 e. The van der Waals surface area contributed by atoms with Crippen LogP contribution in [0.4, 0.5) is 4.79 Å². The molecule has 0 fully saturated rings. The molecule has 1 unspecified atom stereocenters. The Bertz CT molecular complexity index is 134. The standard InChI is InChI=1S/C9H19NOS/c1-5-8(4)12-9(11)10(6-2)7-3/h8H,5-7H2,1-4H3. The van der Waals surface area contributed by atoms with Crippen molar-refractivity contribution in [3.63, 3.8) is 0 Å². The molecule has 12 heavy (non-hydrogen) atoms. The number of hydrogen-bond donors (Lipinski definition) is 0. The largest absolute Gasteiger partial charge is 0.334 e. The van der Waals surface area contributed by atoms with E-state index < -0.39 is 0 Å². The Hall–Kier alpha value is -0.180. The number of hydrogen-bond acceptors (Lipinski definition) is 2. The van der Waals surface area contributed by atoms with Crippen molar-refractivity contribution in [2.24, 2.45) is 0 Å². The summed E-state index contributed by atoms with van der Waals surface area (Å²) >= 11 is 1.44. The maximum atomic E-state index is 11.5. The van der Waals surface area contributed by atoms with Crippen LogP contribution in [-0.2, 0) is 0 Å². The summed E-state index contributed by atoms with van der Waals surface area (Å²) in [6.07, 6.45) is 1.05. The third-order valence-electron chi connectivity index (χ3n) is 1.90. The molecule has 0 radical (unpaired) electrons. The molecule has 2 nitrogen and oxygen atoms in total. The third kappa shape index (κ3) is 4.00. The SMILES string of the molecule is CCC(C)SC(=O)N(CC)CC. The van der Waals surface area contributed by atoms with E-state index in [-0.39, 0.29) is 5.24 Å². The zero-order valence-electron chi connectivity index (χ0n) is 8.46. The van der Waals surface area contributed by atoms with Crippen molar-refractivity contribution >= 4 is 17.0 Å². The quantitative estimate of drug-likeness (QED) is 0.677. The molecule has 3 heteroatoms. The van der Waals surface area contributed by atoms with Gasteiger partial charge in [-0.05, 0) is 20.3 Å². The number of rotatable bonds is 4. The van der Waals surface area contributed by atoms with Crippen LogP contribution in [0.15, 0.2) is 0 Å². The first kappa shape index (κ1) is 11.8. The molecule has 0 aromatic carbocycles. The van der Waals surface area contributed by atoms with E-state index in [1.165, 1.54) is 11.8 Å². The van der Waals surface area contributed by atoms with Crippen LogP contribution >= 0.6 is 11.8 Å². The van der Waals surface area contributed by atoms with E-state index in [9.17, 15) is 4.79 Å². The van der Waals surface area contributed by atoms with Crippen molar-refractivity contribution in [3.8, 4) is 0 Å². The van der Waals surface area contributed by atoms with E-state index in [0.29, 0.717) is 5.25 Å². The topological polar surface area (TPSA) is 20.3 Å². The normalized spacial score (nSPS) is 12.7. The first-order valence-corrected chi connectivity index (χ1v) is 5.49. The van der Waals surface area contributed by atoms with Gasteiger partial charge in [-0.2, -0.15) is 0 Å². The Labute approximate surface area is 79.7 Å². The summed E-state index contributed by atoms with van der Waals surface area (Å²) in [5, 5.41) is 0.660. The van der Waals surface area contributed by atoms with Crippen LogP contribution in [0.25, 0.3) is 0 Å². The summed E-state index contributed by atoms with van der Waals surface area (Å²) in [5.74, 6) is 0. The lowest BCUT2D eigenvalue weighted by Crippen LogP contribution is -2.27. The highest BCUT2D eigenvalue weighted by atomic mass is 32.2. The molecule has 0 spiro atoms. The highest BCUT2D eigenvalue weighted by Gasteiger charge is 2.12. The fraction of sp³-hybridized carbons (Fsp3) is 0.889. The molecule has 0 N–H and O–H groups in total. The van der Waals surface area contributed by atoms with Gasteiger partial charge >= 0.3 is 0 Å². The van der Waals surface area contributed by atoms with Crippen LogP contribution in [0.1, 0.15) is 34.1 Å². The maximum absolute atomic E-state index is 11.5. The number of carbonyl (C=O) groups is 1.